The molecule has 4 N–H and O–H groups in total. The van der Waals surface area contributed by atoms with E-state index in [2.05, 4.69) is 26.1 Å². The number of nitrogens with one attached hydrogen (secondary N) is 1. The fourth-order valence-electron chi connectivity index (χ4n) is 2.63. The number of aliphatic carboxylic acids is 1. The Balaban J connectivity index is 4.65. The van der Waals surface area contributed by atoms with Crippen LogP contribution in [0.1, 0.15) is 66.7 Å². The highest BCUT2D eigenvalue weighted by molar-refractivity contribution is 5.86. The van der Waals surface area contributed by atoms with Crippen molar-refractivity contribution in [2.75, 3.05) is 6.54 Å². The summed E-state index contributed by atoms with van der Waals surface area (Å²) < 4.78 is 0. The number of hydrogen-bond acceptors (Lipinski definition) is 3. The van der Waals surface area contributed by atoms with E-state index in [9.17, 15) is 14.7 Å². The van der Waals surface area contributed by atoms with Gasteiger partial charge in [0.05, 0.1) is 0 Å². The predicted octanol–water partition coefficient (Wildman–Crippen LogP) is 2.54. The molecule has 0 fully saturated rings. The third-order valence-electron chi connectivity index (χ3n) is 4.45. The molecular weight excluding hydrogens is 268 g/mol. The van der Waals surface area contributed by atoms with E-state index in [0.717, 1.165) is 12.8 Å². The molecule has 0 aromatic heterocycles. The van der Waals surface area contributed by atoms with E-state index in [1.807, 2.05) is 0 Å². The van der Waals surface area contributed by atoms with Crippen LogP contribution in [0, 0.1) is 11.3 Å². The standard InChI is InChI=1S/C16H32N2O3/c1-6-16(7-2,14(20)21)18-13(19)9-8-12(10-11-17)15(3,4)5/h12H,6-11,17H2,1-5H3,(H,18,19)(H,20,21). The highest BCUT2D eigenvalue weighted by Crippen LogP contribution is 2.32. The molecule has 124 valence electrons. The Kier molecular flexibility index (Phi) is 7.93. The maximum Gasteiger partial charge on any atom is 0.329 e. The molecule has 0 saturated heterocycles. The summed E-state index contributed by atoms with van der Waals surface area (Å²) in [5.41, 5.74) is 4.60. The van der Waals surface area contributed by atoms with Gasteiger partial charge in [-0.25, -0.2) is 4.79 Å². The normalized spacial score (nSPS) is 13.8. The zero-order valence-electron chi connectivity index (χ0n) is 14.2. The highest BCUT2D eigenvalue weighted by atomic mass is 16.4. The molecule has 0 rings (SSSR count). The van der Waals surface area contributed by atoms with Gasteiger partial charge in [-0.1, -0.05) is 34.6 Å². The van der Waals surface area contributed by atoms with Crippen LogP contribution in [-0.4, -0.2) is 29.1 Å². The number of carbonyl (C=O) groups is 2. The van der Waals surface area contributed by atoms with Crippen LogP contribution in [0.15, 0.2) is 0 Å². The number of rotatable bonds is 9. The van der Waals surface area contributed by atoms with Crippen LogP contribution in [0.5, 0.6) is 0 Å². The third kappa shape index (κ3) is 6.04. The molecule has 0 aromatic rings. The molecule has 1 amide bonds. The quantitative estimate of drug-likeness (QED) is 0.610. The van der Waals surface area contributed by atoms with Gasteiger partial charge in [-0.3, -0.25) is 4.79 Å². The van der Waals surface area contributed by atoms with Crippen molar-refractivity contribution in [3.05, 3.63) is 0 Å². The summed E-state index contributed by atoms with van der Waals surface area (Å²) in [5, 5.41) is 12.0. The minimum atomic E-state index is -1.14. The summed E-state index contributed by atoms with van der Waals surface area (Å²) in [6, 6.07) is 0. The van der Waals surface area contributed by atoms with Crippen LogP contribution in [0.2, 0.25) is 0 Å². The van der Waals surface area contributed by atoms with E-state index in [4.69, 9.17) is 5.73 Å². The summed E-state index contributed by atoms with van der Waals surface area (Å²) in [4.78, 5) is 23.5. The topological polar surface area (TPSA) is 92.4 Å². The van der Waals surface area contributed by atoms with E-state index < -0.39 is 11.5 Å². The van der Waals surface area contributed by atoms with E-state index >= 15 is 0 Å². The van der Waals surface area contributed by atoms with Gasteiger partial charge in [0.2, 0.25) is 5.91 Å². The first kappa shape index (κ1) is 19.9. The minimum Gasteiger partial charge on any atom is -0.480 e. The van der Waals surface area contributed by atoms with Gasteiger partial charge in [0, 0.05) is 6.42 Å². The Hall–Kier alpha value is -1.10. The van der Waals surface area contributed by atoms with Crippen molar-refractivity contribution in [1.82, 2.24) is 5.32 Å². The summed E-state index contributed by atoms with van der Waals surface area (Å²) in [6.07, 6.45) is 2.72. The van der Waals surface area contributed by atoms with Gasteiger partial charge in [0.15, 0.2) is 0 Å². The monoisotopic (exact) mass is 300 g/mol. The predicted molar refractivity (Wildman–Crippen MR) is 84.9 cm³/mol. The molecule has 0 aliphatic carbocycles. The lowest BCUT2D eigenvalue weighted by atomic mass is 9.76. The largest absolute Gasteiger partial charge is 0.480 e. The van der Waals surface area contributed by atoms with Crippen molar-refractivity contribution >= 4 is 11.9 Å². The number of hydrogen-bond donors (Lipinski definition) is 3. The second kappa shape index (κ2) is 8.37. The average molecular weight is 300 g/mol. The van der Waals surface area contributed by atoms with Gasteiger partial charge in [-0.05, 0) is 43.6 Å². The van der Waals surface area contributed by atoms with Crippen LogP contribution in [-0.2, 0) is 9.59 Å². The van der Waals surface area contributed by atoms with Crippen molar-refractivity contribution in [1.29, 1.82) is 0 Å². The molecule has 0 saturated carbocycles. The number of carboxylic acids is 1. The molecule has 1 unspecified atom stereocenters. The molecular formula is C16H32N2O3. The maximum absolute atomic E-state index is 12.1. The van der Waals surface area contributed by atoms with E-state index in [1.165, 1.54) is 0 Å². The van der Waals surface area contributed by atoms with E-state index in [1.54, 1.807) is 13.8 Å². The van der Waals surface area contributed by atoms with Crippen molar-refractivity contribution in [2.45, 2.75) is 72.3 Å². The zero-order valence-corrected chi connectivity index (χ0v) is 14.2. The van der Waals surface area contributed by atoms with E-state index in [0.29, 0.717) is 31.7 Å². The number of amides is 1. The number of carboxylic acid groups (broad SMARTS) is 1. The Bertz CT molecular complexity index is 344. The lowest BCUT2D eigenvalue weighted by Gasteiger charge is -2.32. The third-order valence-corrected chi connectivity index (χ3v) is 4.45. The van der Waals surface area contributed by atoms with Crippen LogP contribution < -0.4 is 11.1 Å². The van der Waals surface area contributed by atoms with Gasteiger partial charge in [-0.2, -0.15) is 0 Å². The lowest BCUT2D eigenvalue weighted by Crippen LogP contribution is -2.53. The van der Waals surface area contributed by atoms with Gasteiger partial charge in [-0.15, -0.1) is 0 Å². The first-order valence-corrected chi connectivity index (χ1v) is 7.87. The highest BCUT2D eigenvalue weighted by Gasteiger charge is 2.36. The molecule has 21 heavy (non-hydrogen) atoms. The van der Waals surface area contributed by atoms with Gasteiger partial charge >= 0.3 is 5.97 Å². The number of carbonyl (C=O) groups excluding carboxylic acids is 1. The van der Waals surface area contributed by atoms with Crippen LogP contribution in [0.3, 0.4) is 0 Å². The molecule has 0 aromatic carbocycles. The molecule has 0 spiro atoms. The smallest absolute Gasteiger partial charge is 0.329 e. The lowest BCUT2D eigenvalue weighted by molar-refractivity contribution is -0.148. The second-order valence-corrected chi connectivity index (χ2v) is 6.82. The fourth-order valence-corrected chi connectivity index (χ4v) is 2.63. The first-order valence-electron chi connectivity index (χ1n) is 7.87. The SMILES string of the molecule is CCC(CC)(NC(=O)CCC(CCN)C(C)(C)C)C(=O)O. The second-order valence-electron chi connectivity index (χ2n) is 6.82. The van der Waals surface area contributed by atoms with Gasteiger partial charge < -0.3 is 16.2 Å². The summed E-state index contributed by atoms with van der Waals surface area (Å²) in [5.74, 6) is -0.793. The zero-order chi connectivity index (χ0) is 16.7. The molecule has 0 bridgehead atoms. The molecule has 0 heterocycles. The summed E-state index contributed by atoms with van der Waals surface area (Å²) in [7, 11) is 0. The summed E-state index contributed by atoms with van der Waals surface area (Å²) in [6.45, 7) is 10.6. The molecule has 0 aliphatic heterocycles. The average Bonchev–Trinajstić information content (AvgIpc) is 2.39. The molecule has 0 aliphatic rings. The number of nitrogens with two attached hydrogens (primary N) is 1. The van der Waals surface area contributed by atoms with Crippen LogP contribution in [0.25, 0.3) is 0 Å². The van der Waals surface area contributed by atoms with Crippen molar-refractivity contribution < 1.29 is 14.7 Å². The Labute approximate surface area is 128 Å². The Morgan fingerprint density at radius 1 is 1.14 bits per heavy atom. The summed E-state index contributed by atoms with van der Waals surface area (Å²) >= 11 is 0. The van der Waals surface area contributed by atoms with Crippen LogP contribution >= 0.6 is 0 Å². The Morgan fingerprint density at radius 2 is 1.67 bits per heavy atom. The van der Waals surface area contributed by atoms with Gasteiger partial charge in [0.25, 0.3) is 0 Å². The fraction of sp³-hybridized carbons (Fsp3) is 0.875. The molecule has 1 atom stereocenters. The molecule has 0 radical (unpaired) electrons. The Morgan fingerprint density at radius 3 is 2.00 bits per heavy atom. The molecule has 5 heteroatoms. The minimum absolute atomic E-state index is 0.0963. The van der Waals surface area contributed by atoms with Crippen molar-refractivity contribution in [3.63, 3.8) is 0 Å². The van der Waals surface area contributed by atoms with Crippen LogP contribution in [0.4, 0.5) is 0 Å². The molecule has 5 nitrogen and oxygen atoms in total. The van der Waals surface area contributed by atoms with E-state index in [-0.39, 0.29) is 11.3 Å². The van der Waals surface area contributed by atoms with Crippen molar-refractivity contribution in [2.24, 2.45) is 17.1 Å². The van der Waals surface area contributed by atoms with Crippen molar-refractivity contribution in [3.8, 4) is 0 Å². The maximum atomic E-state index is 12.1. The van der Waals surface area contributed by atoms with Gasteiger partial charge in [0.1, 0.15) is 5.54 Å². The first-order chi connectivity index (χ1) is 9.62.